The number of hydrogen-bond acceptors (Lipinski definition) is 2. The first kappa shape index (κ1) is 11.4. The lowest BCUT2D eigenvalue weighted by molar-refractivity contribution is -0.123. The van der Waals surface area contributed by atoms with Gasteiger partial charge in [0.1, 0.15) is 11.6 Å². The van der Waals surface area contributed by atoms with E-state index in [4.69, 9.17) is 4.74 Å². The van der Waals surface area contributed by atoms with E-state index < -0.39 is 0 Å². The average molecular weight is 288 g/mol. The third-order valence-corrected chi connectivity index (χ3v) is 2.81. The minimum Gasteiger partial charge on any atom is -0.484 e. The second-order valence-electron chi connectivity index (χ2n) is 3.71. The molecule has 0 saturated heterocycles. The van der Waals surface area contributed by atoms with Crippen molar-refractivity contribution in [3.05, 3.63) is 28.5 Å². The summed E-state index contributed by atoms with van der Waals surface area (Å²) in [7, 11) is 0. The van der Waals surface area contributed by atoms with Gasteiger partial charge in [-0.05, 0) is 47.0 Å². The standard InChI is InChI=1S/C11H11BrFNO2/c12-9-5-8(3-4-10(9)13)16-6-11(15)14-7-1-2-7/h3-5,7H,1-2,6H2,(H,14,15). The molecule has 1 saturated carbocycles. The Kier molecular flexibility index (Phi) is 3.43. The molecule has 1 aromatic rings. The maximum absolute atomic E-state index is 12.9. The van der Waals surface area contributed by atoms with Crippen molar-refractivity contribution in [1.82, 2.24) is 5.32 Å². The molecule has 1 aliphatic rings. The Hall–Kier alpha value is -1.10. The second kappa shape index (κ2) is 4.82. The molecule has 0 radical (unpaired) electrons. The number of hydrogen-bond donors (Lipinski definition) is 1. The molecule has 3 nitrogen and oxygen atoms in total. The van der Waals surface area contributed by atoms with Crippen LogP contribution in [0.4, 0.5) is 4.39 Å². The number of carbonyl (C=O) groups excluding carboxylic acids is 1. The van der Waals surface area contributed by atoms with Gasteiger partial charge in [0.15, 0.2) is 6.61 Å². The Labute approximate surface area is 101 Å². The van der Waals surface area contributed by atoms with Gasteiger partial charge < -0.3 is 10.1 Å². The molecule has 1 aliphatic carbocycles. The molecule has 0 aliphatic heterocycles. The van der Waals surface area contributed by atoms with Gasteiger partial charge in [0, 0.05) is 6.04 Å². The van der Waals surface area contributed by atoms with Crippen LogP contribution in [0.2, 0.25) is 0 Å². The summed E-state index contributed by atoms with van der Waals surface area (Å²) in [6.07, 6.45) is 2.10. The molecule has 0 bridgehead atoms. The van der Waals surface area contributed by atoms with E-state index in [1.165, 1.54) is 18.2 Å². The van der Waals surface area contributed by atoms with Crippen LogP contribution in [-0.4, -0.2) is 18.6 Å². The molecule has 1 N–H and O–H groups in total. The van der Waals surface area contributed by atoms with Crippen molar-refractivity contribution in [3.8, 4) is 5.75 Å². The van der Waals surface area contributed by atoms with Crippen molar-refractivity contribution < 1.29 is 13.9 Å². The minimum atomic E-state index is -0.352. The SMILES string of the molecule is O=C(COc1ccc(F)c(Br)c1)NC1CC1. The van der Waals surface area contributed by atoms with Crippen LogP contribution in [0.5, 0.6) is 5.75 Å². The first-order valence-electron chi connectivity index (χ1n) is 5.02. The number of ether oxygens (including phenoxy) is 1. The summed E-state index contributed by atoms with van der Waals surface area (Å²) in [4.78, 5) is 11.3. The summed E-state index contributed by atoms with van der Waals surface area (Å²) >= 11 is 3.05. The van der Waals surface area contributed by atoms with Gasteiger partial charge in [0.05, 0.1) is 4.47 Å². The van der Waals surface area contributed by atoms with Crippen LogP contribution in [0.1, 0.15) is 12.8 Å². The van der Waals surface area contributed by atoms with Gasteiger partial charge in [-0.1, -0.05) is 0 Å². The molecule has 1 aromatic carbocycles. The molecule has 1 amide bonds. The summed E-state index contributed by atoms with van der Waals surface area (Å²) in [5.41, 5.74) is 0. The van der Waals surface area contributed by atoms with E-state index >= 15 is 0 Å². The smallest absolute Gasteiger partial charge is 0.258 e. The van der Waals surface area contributed by atoms with Gasteiger partial charge >= 0.3 is 0 Å². The number of amides is 1. The van der Waals surface area contributed by atoms with E-state index in [1.807, 2.05) is 0 Å². The van der Waals surface area contributed by atoms with E-state index in [0.717, 1.165) is 12.8 Å². The molecule has 16 heavy (non-hydrogen) atoms. The maximum atomic E-state index is 12.9. The Morgan fingerprint density at radius 2 is 2.31 bits per heavy atom. The highest BCUT2D eigenvalue weighted by molar-refractivity contribution is 9.10. The Balaban J connectivity index is 1.83. The zero-order valence-corrected chi connectivity index (χ0v) is 10.1. The van der Waals surface area contributed by atoms with Crippen molar-refractivity contribution in [3.63, 3.8) is 0 Å². The van der Waals surface area contributed by atoms with Crippen molar-refractivity contribution in [2.45, 2.75) is 18.9 Å². The minimum absolute atomic E-state index is 0.0332. The van der Waals surface area contributed by atoms with Crippen LogP contribution in [0, 0.1) is 5.82 Å². The van der Waals surface area contributed by atoms with Crippen LogP contribution in [0.25, 0.3) is 0 Å². The summed E-state index contributed by atoms with van der Waals surface area (Å²) in [6, 6.07) is 4.61. The van der Waals surface area contributed by atoms with Crippen LogP contribution < -0.4 is 10.1 Å². The van der Waals surface area contributed by atoms with Crippen molar-refractivity contribution in [1.29, 1.82) is 0 Å². The maximum Gasteiger partial charge on any atom is 0.258 e. The van der Waals surface area contributed by atoms with Crippen LogP contribution in [0.3, 0.4) is 0 Å². The highest BCUT2D eigenvalue weighted by atomic mass is 79.9. The molecule has 0 unspecified atom stereocenters. The fraction of sp³-hybridized carbons (Fsp3) is 0.364. The largest absolute Gasteiger partial charge is 0.484 e. The van der Waals surface area contributed by atoms with Gasteiger partial charge in [-0.3, -0.25) is 4.79 Å². The molecule has 5 heteroatoms. The van der Waals surface area contributed by atoms with Gasteiger partial charge in [-0.25, -0.2) is 4.39 Å². The highest BCUT2D eigenvalue weighted by Gasteiger charge is 2.23. The summed E-state index contributed by atoms with van der Waals surface area (Å²) < 4.78 is 18.4. The predicted octanol–water partition coefficient (Wildman–Crippen LogP) is 2.25. The Morgan fingerprint density at radius 1 is 1.56 bits per heavy atom. The van der Waals surface area contributed by atoms with Crippen molar-refractivity contribution >= 4 is 21.8 Å². The first-order valence-corrected chi connectivity index (χ1v) is 5.81. The van der Waals surface area contributed by atoms with E-state index in [1.54, 1.807) is 0 Å². The number of benzene rings is 1. The normalized spacial score (nSPS) is 14.6. The number of halogens is 2. The van der Waals surface area contributed by atoms with Crippen LogP contribution in [0.15, 0.2) is 22.7 Å². The number of carbonyl (C=O) groups is 1. The topological polar surface area (TPSA) is 38.3 Å². The predicted molar refractivity (Wildman–Crippen MR) is 60.8 cm³/mol. The third-order valence-electron chi connectivity index (χ3n) is 2.20. The van der Waals surface area contributed by atoms with Gasteiger partial charge in [-0.2, -0.15) is 0 Å². The molecule has 2 rings (SSSR count). The van der Waals surface area contributed by atoms with E-state index in [2.05, 4.69) is 21.2 Å². The second-order valence-corrected chi connectivity index (χ2v) is 4.56. The molecule has 0 atom stereocenters. The van der Waals surface area contributed by atoms with Crippen LogP contribution >= 0.6 is 15.9 Å². The zero-order chi connectivity index (χ0) is 11.5. The lowest BCUT2D eigenvalue weighted by Crippen LogP contribution is -2.30. The highest BCUT2D eigenvalue weighted by Crippen LogP contribution is 2.22. The molecule has 0 spiro atoms. The number of nitrogens with one attached hydrogen (secondary N) is 1. The Bertz CT molecular complexity index is 407. The lowest BCUT2D eigenvalue weighted by atomic mass is 10.3. The van der Waals surface area contributed by atoms with Gasteiger partial charge in [-0.15, -0.1) is 0 Å². The van der Waals surface area contributed by atoms with Crippen molar-refractivity contribution in [2.24, 2.45) is 0 Å². The lowest BCUT2D eigenvalue weighted by Gasteiger charge is -2.07. The van der Waals surface area contributed by atoms with E-state index in [9.17, 15) is 9.18 Å². The summed E-state index contributed by atoms with van der Waals surface area (Å²) in [6.45, 7) is -0.0332. The fourth-order valence-electron chi connectivity index (χ4n) is 1.21. The zero-order valence-electron chi connectivity index (χ0n) is 8.50. The van der Waals surface area contributed by atoms with Crippen molar-refractivity contribution in [2.75, 3.05) is 6.61 Å². The third kappa shape index (κ3) is 3.20. The van der Waals surface area contributed by atoms with Gasteiger partial charge in [0.25, 0.3) is 5.91 Å². The van der Waals surface area contributed by atoms with Gasteiger partial charge in [0.2, 0.25) is 0 Å². The average Bonchev–Trinajstić information content (AvgIpc) is 3.04. The quantitative estimate of drug-likeness (QED) is 0.922. The summed E-state index contributed by atoms with van der Waals surface area (Å²) in [5.74, 6) is -0.0167. The molecular weight excluding hydrogens is 277 g/mol. The first-order chi connectivity index (χ1) is 7.65. The molecule has 0 aromatic heterocycles. The fourth-order valence-corrected chi connectivity index (χ4v) is 1.57. The monoisotopic (exact) mass is 287 g/mol. The number of rotatable bonds is 4. The van der Waals surface area contributed by atoms with E-state index in [0.29, 0.717) is 16.3 Å². The molecule has 86 valence electrons. The van der Waals surface area contributed by atoms with E-state index in [-0.39, 0.29) is 18.3 Å². The molecule has 0 heterocycles. The molecule has 1 fully saturated rings. The van der Waals surface area contributed by atoms with Crippen LogP contribution in [-0.2, 0) is 4.79 Å². The molecular formula is C11H11BrFNO2. The summed E-state index contributed by atoms with van der Waals surface area (Å²) in [5, 5.41) is 2.80. The Morgan fingerprint density at radius 3 is 2.94 bits per heavy atom.